The average Bonchev–Trinajstić information content (AvgIpc) is 3.22. The van der Waals surface area contributed by atoms with Gasteiger partial charge in [-0.05, 0) is 36.1 Å². The van der Waals surface area contributed by atoms with E-state index in [-0.39, 0.29) is 29.3 Å². The summed E-state index contributed by atoms with van der Waals surface area (Å²) in [6, 6.07) is 10.7. The number of carbonyl (C=O) groups is 1. The summed E-state index contributed by atoms with van der Waals surface area (Å²) in [7, 11) is 0. The van der Waals surface area contributed by atoms with Gasteiger partial charge in [-0.2, -0.15) is 0 Å². The Morgan fingerprint density at radius 3 is 2.85 bits per heavy atom. The molecule has 1 aromatic heterocycles. The Morgan fingerprint density at radius 1 is 1.30 bits per heavy atom. The van der Waals surface area contributed by atoms with Gasteiger partial charge in [0.05, 0.1) is 0 Å². The monoisotopic (exact) mass is 288 g/mol. The fraction of sp³-hybridized carbons (Fsp3) is 0.200. The van der Waals surface area contributed by atoms with Crippen LogP contribution in [0.2, 0.25) is 5.02 Å². The van der Waals surface area contributed by atoms with Crippen LogP contribution in [0.4, 0.5) is 5.82 Å². The van der Waals surface area contributed by atoms with E-state index in [1.807, 2.05) is 24.3 Å². The number of aromatic hydroxyl groups is 1. The van der Waals surface area contributed by atoms with E-state index in [0.29, 0.717) is 5.02 Å². The molecule has 0 spiro atoms. The Hall–Kier alpha value is -2.07. The minimum Gasteiger partial charge on any atom is -0.504 e. The van der Waals surface area contributed by atoms with Crippen LogP contribution in [0.25, 0.3) is 0 Å². The third-order valence-corrected chi connectivity index (χ3v) is 3.80. The Bertz CT molecular complexity index is 660. The minimum atomic E-state index is -0.135. The molecule has 2 N–H and O–H groups in total. The quantitative estimate of drug-likeness (QED) is 0.912. The van der Waals surface area contributed by atoms with Crippen molar-refractivity contribution in [2.75, 3.05) is 5.32 Å². The number of pyridine rings is 1. The summed E-state index contributed by atoms with van der Waals surface area (Å²) in [6.07, 6.45) is 2.29. The number of hydrogen-bond acceptors (Lipinski definition) is 3. The lowest BCUT2D eigenvalue weighted by Crippen LogP contribution is -2.15. The molecule has 1 heterocycles. The summed E-state index contributed by atoms with van der Waals surface area (Å²) in [4.78, 5) is 16.1. The van der Waals surface area contributed by atoms with Gasteiger partial charge in [-0.1, -0.05) is 29.8 Å². The van der Waals surface area contributed by atoms with E-state index in [9.17, 15) is 9.90 Å². The highest BCUT2D eigenvalue weighted by Crippen LogP contribution is 2.50. The highest BCUT2D eigenvalue weighted by molar-refractivity contribution is 6.31. The number of benzene rings is 1. The lowest BCUT2D eigenvalue weighted by molar-refractivity contribution is -0.117. The van der Waals surface area contributed by atoms with Crippen LogP contribution in [0, 0.1) is 5.92 Å². The van der Waals surface area contributed by atoms with Crippen LogP contribution in [0.5, 0.6) is 5.75 Å². The summed E-state index contributed by atoms with van der Waals surface area (Å²) >= 11 is 6.13. The van der Waals surface area contributed by atoms with Gasteiger partial charge in [0, 0.05) is 17.1 Å². The number of carbonyl (C=O) groups excluding carboxylic acids is 1. The van der Waals surface area contributed by atoms with Crippen molar-refractivity contribution in [1.82, 2.24) is 4.98 Å². The normalized spacial score (nSPS) is 20.4. The topological polar surface area (TPSA) is 62.2 Å². The minimum absolute atomic E-state index is 0.0317. The zero-order valence-corrected chi connectivity index (χ0v) is 11.3. The van der Waals surface area contributed by atoms with E-state index < -0.39 is 0 Å². The molecule has 20 heavy (non-hydrogen) atoms. The maximum Gasteiger partial charge on any atom is 0.229 e. The molecule has 1 aliphatic rings. The highest BCUT2D eigenvalue weighted by Gasteiger charge is 2.45. The van der Waals surface area contributed by atoms with E-state index >= 15 is 0 Å². The fourth-order valence-electron chi connectivity index (χ4n) is 2.31. The van der Waals surface area contributed by atoms with Gasteiger partial charge in [0.25, 0.3) is 0 Å². The molecule has 0 unspecified atom stereocenters. The van der Waals surface area contributed by atoms with Gasteiger partial charge < -0.3 is 10.4 Å². The summed E-state index contributed by atoms with van der Waals surface area (Å²) in [6.45, 7) is 0. The molecule has 102 valence electrons. The van der Waals surface area contributed by atoms with Crippen LogP contribution in [-0.4, -0.2) is 16.0 Å². The molecule has 1 aliphatic carbocycles. The molecule has 1 aromatic carbocycles. The number of nitrogens with one attached hydrogen (secondary N) is 1. The Kier molecular flexibility index (Phi) is 3.32. The molecule has 4 nitrogen and oxygen atoms in total. The van der Waals surface area contributed by atoms with E-state index in [0.717, 1.165) is 12.0 Å². The van der Waals surface area contributed by atoms with E-state index in [1.165, 1.54) is 12.3 Å². The van der Waals surface area contributed by atoms with Crippen LogP contribution in [0.15, 0.2) is 42.6 Å². The fourth-order valence-corrected chi connectivity index (χ4v) is 2.58. The van der Waals surface area contributed by atoms with Crippen LogP contribution in [0.3, 0.4) is 0 Å². The van der Waals surface area contributed by atoms with Gasteiger partial charge in [0.1, 0.15) is 0 Å². The molecule has 2 atom stereocenters. The number of nitrogens with zero attached hydrogens (tertiary/aromatic N) is 1. The van der Waals surface area contributed by atoms with Crippen molar-refractivity contribution in [3.05, 3.63) is 53.2 Å². The van der Waals surface area contributed by atoms with Gasteiger partial charge in [-0.25, -0.2) is 4.98 Å². The summed E-state index contributed by atoms with van der Waals surface area (Å²) in [5.41, 5.74) is 1.000. The van der Waals surface area contributed by atoms with E-state index in [4.69, 9.17) is 11.6 Å². The molecule has 2 aromatic rings. The standard InChI is InChI=1S/C15H13ClN2O2/c16-12-5-2-1-4-9(12)10-8-11(10)15(20)18-14-13(19)6-3-7-17-14/h1-7,10-11,19H,8H2,(H,17,18,20)/t10-,11-/m0/s1. The third-order valence-electron chi connectivity index (χ3n) is 3.46. The second-order valence-corrected chi connectivity index (χ2v) is 5.24. The van der Waals surface area contributed by atoms with Crippen molar-refractivity contribution < 1.29 is 9.90 Å². The smallest absolute Gasteiger partial charge is 0.229 e. The second kappa shape index (κ2) is 5.13. The summed E-state index contributed by atoms with van der Waals surface area (Å²) in [5, 5.41) is 12.9. The first-order valence-electron chi connectivity index (χ1n) is 6.36. The second-order valence-electron chi connectivity index (χ2n) is 4.83. The molecule has 3 rings (SSSR count). The summed E-state index contributed by atoms with van der Waals surface area (Å²) in [5.74, 6) is 0.0629. The van der Waals surface area contributed by atoms with Crippen LogP contribution >= 0.6 is 11.6 Å². The molecular formula is C15H13ClN2O2. The van der Waals surface area contributed by atoms with Crippen molar-refractivity contribution in [2.45, 2.75) is 12.3 Å². The van der Waals surface area contributed by atoms with Crippen LogP contribution in [-0.2, 0) is 4.79 Å². The number of halogens is 1. The number of hydrogen-bond donors (Lipinski definition) is 2. The predicted molar refractivity (Wildman–Crippen MR) is 76.8 cm³/mol. The molecule has 1 saturated carbocycles. The van der Waals surface area contributed by atoms with Gasteiger partial charge in [0.15, 0.2) is 11.6 Å². The molecule has 5 heteroatoms. The third kappa shape index (κ3) is 2.47. The van der Waals surface area contributed by atoms with Crippen molar-refractivity contribution in [3.8, 4) is 5.75 Å². The molecule has 0 aliphatic heterocycles. The van der Waals surface area contributed by atoms with Crippen LogP contribution in [0.1, 0.15) is 17.9 Å². The SMILES string of the molecule is O=C(Nc1ncccc1O)[C@H]1C[C@H]1c1ccccc1Cl. The zero-order chi connectivity index (χ0) is 14.1. The van der Waals surface area contributed by atoms with Crippen molar-refractivity contribution in [1.29, 1.82) is 0 Å². The lowest BCUT2D eigenvalue weighted by Gasteiger charge is -2.06. The number of anilines is 1. The van der Waals surface area contributed by atoms with Gasteiger partial charge in [0.2, 0.25) is 5.91 Å². The predicted octanol–water partition coefficient (Wildman–Crippen LogP) is 3.18. The Balaban J connectivity index is 1.69. The first-order valence-corrected chi connectivity index (χ1v) is 6.74. The lowest BCUT2D eigenvalue weighted by atomic mass is 10.1. The van der Waals surface area contributed by atoms with Crippen molar-refractivity contribution in [2.24, 2.45) is 5.92 Å². The van der Waals surface area contributed by atoms with Crippen LogP contribution < -0.4 is 5.32 Å². The van der Waals surface area contributed by atoms with Gasteiger partial charge >= 0.3 is 0 Å². The molecule has 1 amide bonds. The molecular weight excluding hydrogens is 276 g/mol. The van der Waals surface area contributed by atoms with E-state index in [2.05, 4.69) is 10.3 Å². The number of amides is 1. The number of rotatable bonds is 3. The molecule has 0 bridgehead atoms. The highest BCUT2D eigenvalue weighted by atomic mass is 35.5. The maximum absolute atomic E-state index is 12.1. The molecule has 0 radical (unpaired) electrons. The first-order chi connectivity index (χ1) is 9.66. The Labute approximate surface area is 121 Å². The zero-order valence-electron chi connectivity index (χ0n) is 10.6. The van der Waals surface area contributed by atoms with Crippen molar-refractivity contribution in [3.63, 3.8) is 0 Å². The molecule has 0 saturated heterocycles. The molecule has 1 fully saturated rings. The van der Waals surface area contributed by atoms with E-state index in [1.54, 1.807) is 6.07 Å². The maximum atomic E-state index is 12.1. The van der Waals surface area contributed by atoms with Gasteiger partial charge in [-0.3, -0.25) is 4.79 Å². The first kappa shape index (κ1) is 12.9. The summed E-state index contributed by atoms with van der Waals surface area (Å²) < 4.78 is 0. The number of aromatic nitrogens is 1. The Morgan fingerprint density at radius 2 is 2.10 bits per heavy atom. The van der Waals surface area contributed by atoms with Gasteiger partial charge in [-0.15, -0.1) is 0 Å². The van der Waals surface area contributed by atoms with Crippen molar-refractivity contribution >= 4 is 23.3 Å². The largest absolute Gasteiger partial charge is 0.504 e. The average molecular weight is 289 g/mol.